The monoisotopic (exact) mass is 377 g/mol. The van der Waals surface area contributed by atoms with E-state index in [-0.39, 0.29) is 11.9 Å². The zero-order chi connectivity index (χ0) is 19.2. The quantitative estimate of drug-likeness (QED) is 0.798. The molecule has 0 saturated carbocycles. The molecule has 4 heteroatoms. The van der Waals surface area contributed by atoms with Gasteiger partial charge in [-0.3, -0.25) is 14.6 Å². The van der Waals surface area contributed by atoms with Gasteiger partial charge in [-0.1, -0.05) is 54.6 Å². The van der Waals surface area contributed by atoms with Gasteiger partial charge in [-0.05, 0) is 68.6 Å². The van der Waals surface area contributed by atoms with Crippen molar-refractivity contribution >= 4 is 5.91 Å². The van der Waals surface area contributed by atoms with Gasteiger partial charge in [0, 0.05) is 13.1 Å². The van der Waals surface area contributed by atoms with E-state index >= 15 is 0 Å². The van der Waals surface area contributed by atoms with Crippen molar-refractivity contribution in [2.75, 3.05) is 26.2 Å². The van der Waals surface area contributed by atoms with Crippen LogP contribution in [0.1, 0.15) is 48.4 Å². The molecule has 0 radical (unpaired) electrons. The first-order valence-electron chi connectivity index (χ1n) is 10.7. The van der Waals surface area contributed by atoms with Crippen LogP contribution >= 0.6 is 0 Å². The largest absolute Gasteiger partial charge is 0.350 e. The van der Waals surface area contributed by atoms with Gasteiger partial charge in [0.05, 0.1) is 0 Å². The standard InChI is InChI=1S/C24H31N3O/c28-24(23(27-16-8-9-17-27)20-10-2-1-3-11-20)25-18-21-12-4-5-13-22(21)19-26-14-6-7-15-26/h1-5,10-13,23H,6-9,14-19H2,(H,25,28)/t23-/m0/s1. The Morgan fingerprint density at radius 2 is 1.43 bits per heavy atom. The minimum atomic E-state index is -0.186. The van der Waals surface area contributed by atoms with Crippen LogP contribution in [0.3, 0.4) is 0 Å². The summed E-state index contributed by atoms with van der Waals surface area (Å²) in [5.74, 6) is 0.115. The van der Waals surface area contributed by atoms with E-state index in [1.165, 1.54) is 49.9 Å². The summed E-state index contributed by atoms with van der Waals surface area (Å²) in [6.45, 7) is 5.95. The van der Waals surface area contributed by atoms with Crippen LogP contribution in [-0.2, 0) is 17.9 Å². The Kier molecular flexibility index (Phi) is 6.40. The number of hydrogen-bond acceptors (Lipinski definition) is 3. The molecule has 2 heterocycles. The highest BCUT2D eigenvalue weighted by Crippen LogP contribution is 2.25. The molecule has 4 rings (SSSR count). The molecule has 2 saturated heterocycles. The number of nitrogens with one attached hydrogen (secondary N) is 1. The highest BCUT2D eigenvalue weighted by molar-refractivity contribution is 5.83. The van der Waals surface area contributed by atoms with Gasteiger partial charge in [0.2, 0.25) is 5.91 Å². The van der Waals surface area contributed by atoms with E-state index in [0.717, 1.165) is 25.2 Å². The molecule has 0 aliphatic carbocycles. The van der Waals surface area contributed by atoms with E-state index in [1.807, 2.05) is 18.2 Å². The molecule has 4 nitrogen and oxygen atoms in total. The zero-order valence-electron chi connectivity index (χ0n) is 16.6. The fourth-order valence-electron chi connectivity index (χ4n) is 4.51. The molecule has 28 heavy (non-hydrogen) atoms. The van der Waals surface area contributed by atoms with Crippen LogP contribution in [0.5, 0.6) is 0 Å². The predicted molar refractivity (Wildman–Crippen MR) is 113 cm³/mol. The average molecular weight is 378 g/mol. The van der Waals surface area contributed by atoms with Crippen molar-refractivity contribution in [3.63, 3.8) is 0 Å². The Bertz CT molecular complexity index is 764. The van der Waals surface area contributed by atoms with Crippen molar-refractivity contribution in [1.82, 2.24) is 15.1 Å². The molecule has 0 bridgehead atoms. The highest BCUT2D eigenvalue weighted by Gasteiger charge is 2.29. The molecular weight excluding hydrogens is 346 g/mol. The Balaban J connectivity index is 1.45. The lowest BCUT2D eigenvalue weighted by Crippen LogP contribution is -2.39. The van der Waals surface area contributed by atoms with Crippen molar-refractivity contribution in [1.29, 1.82) is 0 Å². The van der Waals surface area contributed by atoms with Crippen molar-refractivity contribution in [2.45, 2.75) is 44.8 Å². The summed E-state index contributed by atoms with van der Waals surface area (Å²) < 4.78 is 0. The molecule has 148 valence electrons. The summed E-state index contributed by atoms with van der Waals surface area (Å²) in [4.78, 5) is 18.0. The second kappa shape index (κ2) is 9.35. The van der Waals surface area contributed by atoms with Gasteiger partial charge >= 0.3 is 0 Å². The van der Waals surface area contributed by atoms with Gasteiger partial charge in [0.15, 0.2) is 0 Å². The second-order valence-electron chi connectivity index (χ2n) is 8.03. The molecule has 2 aromatic carbocycles. The van der Waals surface area contributed by atoms with Crippen molar-refractivity contribution in [3.05, 3.63) is 71.3 Å². The third-order valence-electron chi connectivity index (χ3n) is 6.03. The van der Waals surface area contributed by atoms with Gasteiger partial charge in [-0.15, -0.1) is 0 Å². The number of carbonyl (C=O) groups excluding carboxylic acids is 1. The van der Waals surface area contributed by atoms with Crippen LogP contribution in [0, 0.1) is 0 Å². The van der Waals surface area contributed by atoms with E-state index in [2.05, 4.69) is 51.5 Å². The fraction of sp³-hybridized carbons (Fsp3) is 0.458. The SMILES string of the molecule is O=C(NCc1ccccc1CN1CCCC1)[C@H](c1ccccc1)N1CCCC1. The van der Waals surface area contributed by atoms with Crippen LogP contribution < -0.4 is 5.32 Å². The maximum Gasteiger partial charge on any atom is 0.242 e. The highest BCUT2D eigenvalue weighted by atomic mass is 16.2. The van der Waals surface area contributed by atoms with E-state index in [0.29, 0.717) is 6.54 Å². The van der Waals surface area contributed by atoms with Gasteiger partial charge in [0.1, 0.15) is 6.04 Å². The molecular formula is C24H31N3O. The normalized spacial score (nSPS) is 19.0. The maximum atomic E-state index is 13.2. The van der Waals surface area contributed by atoms with E-state index < -0.39 is 0 Å². The number of rotatable bonds is 7. The first kappa shape index (κ1) is 19.2. The summed E-state index contributed by atoms with van der Waals surface area (Å²) in [6.07, 6.45) is 4.95. The third-order valence-corrected chi connectivity index (χ3v) is 6.03. The lowest BCUT2D eigenvalue weighted by atomic mass is 10.0. The Labute approximate surface area is 168 Å². The maximum absolute atomic E-state index is 13.2. The fourth-order valence-corrected chi connectivity index (χ4v) is 4.51. The number of benzene rings is 2. The van der Waals surface area contributed by atoms with Crippen LogP contribution in [0.15, 0.2) is 54.6 Å². The minimum Gasteiger partial charge on any atom is -0.350 e. The number of hydrogen-bond donors (Lipinski definition) is 1. The molecule has 1 N–H and O–H groups in total. The van der Waals surface area contributed by atoms with E-state index in [9.17, 15) is 4.79 Å². The summed E-state index contributed by atoms with van der Waals surface area (Å²) in [7, 11) is 0. The van der Waals surface area contributed by atoms with Gasteiger partial charge in [-0.25, -0.2) is 0 Å². The predicted octanol–water partition coefficient (Wildman–Crippen LogP) is 3.74. The molecule has 2 aliphatic heterocycles. The molecule has 1 atom stereocenters. The first-order chi connectivity index (χ1) is 13.8. The van der Waals surface area contributed by atoms with Gasteiger partial charge in [0.25, 0.3) is 0 Å². The Hall–Kier alpha value is -2.17. The third kappa shape index (κ3) is 4.62. The number of carbonyl (C=O) groups is 1. The van der Waals surface area contributed by atoms with Crippen molar-refractivity contribution in [3.8, 4) is 0 Å². The second-order valence-corrected chi connectivity index (χ2v) is 8.03. The van der Waals surface area contributed by atoms with Crippen LogP contribution in [0.4, 0.5) is 0 Å². The van der Waals surface area contributed by atoms with Crippen LogP contribution in [-0.4, -0.2) is 41.9 Å². The minimum absolute atomic E-state index is 0.115. The first-order valence-corrected chi connectivity index (χ1v) is 10.7. The molecule has 2 aliphatic rings. The summed E-state index contributed by atoms with van der Waals surface area (Å²) in [6, 6.07) is 18.6. The summed E-state index contributed by atoms with van der Waals surface area (Å²) >= 11 is 0. The summed E-state index contributed by atoms with van der Waals surface area (Å²) in [5.41, 5.74) is 3.66. The lowest BCUT2D eigenvalue weighted by Gasteiger charge is -2.27. The van der Waals surface area contributed by atoms with Crippen LogP contribution in [0.2, 0.25) is 0 Å². The number of nitrogens with zero attached hydrogens (tertiary/aromatic N) is 2. The topological polar surface area (TPSA) is 35.6 Å². The molecule has 2 aromatic rings. The van der Waals surface area contributed by atoms with Gasteiger partial charge < -0.3 is 5.32 Å². The summed E-state index contributed by atoms with van der Waals surface area (Å²) in [5, 5.41) is 3.24. The number of likely N-dealkylation sites (tertiary alicyclic amines) is 2. The van der Waals surface area contributed by atoms with Crippen LogP contribution in [0.25, 0.3) is 0 Å². The smallest absolute Gasteiger partial charge is 0.242 e. The van der Waals surface area contributed by atoms with Gasteiger partial charge in [-0.2, -0.15) is 0 Å². The van der Waals surface area contributed by atoms with E-state index in [4.69, 9.17) is 0 Å². The lowest BCUT2D eigenvalue weighted by molar-refractivity contribution is -0.126. The molecule has 0 aromatic heterocycles. The molecule has 2 fully saturated rings. The van der Waals surface area contributed by atoms with Crippen molar-refractivity contribution in [2.24, 2.45) is 0 Å². The molecule has 0 spiro atoms. The Morgan fingerprint density at radius 3 is 2.14 bits per heavy atom. The van der Waals surface area contributed by atoms with Crippen molar-refractivity contribution < 1.29 is 4.79 Å². The average Bonchev–Trinajstić information content (AvgIpc) is 3.43. The Morgan fingerprint density at radius 1 is 0.821 bits per heavy atom. The molecule has 0 unspecified atom stereocenters. The molecule has 1 amide bonds. The zero-order valence-corrected chi connectivity index (χ0v) is 16.6. The van der Waals surface area contributed by atoms with E-state index in [1.54, 1.807) is 0 Å². The number of amides is 1.